The van der Waals surface area contributed by atoms with Crippen molar-refractivity contribution in [3.05, 3.63) is 0 Å². The minimum Gasteiger partial charge on any atom is -0.339 e. The van der Waals surface area contributed by atoms with Crippen LogP contribution in [-0.2, 0) is 4.79 Å². The molecule has 1 saturated heterocycles. The number of carbonyl (C=O) groups is 1. The van der Waals surface area contributed by atoms with Crippen LogP contribution in [0.1, 0.15) is 32.1 Å². The quantitative estimate of drug-likeness (QED) is 0.719. The molecule has 2 aliphatic carbocycles. The molecule has 0 unspecified atom stereocenters. The van der Waals surface area contributed by atoms with Gasteiger partial charge in [-0.3, -0.25) is 4.79 Å². The van der Waals surface area contributed by atoms with Crippen LogP contribution in [0.15, 0.2) is 0 Å². The Hall–Kier alpha value is -0.570. The van der Waals surface area contributed by atoms with Gasteiger partial charge in [-0.2, -0.15) is 0 Å². The fourth-order valence-electron chi connectivity index (χ4n) is 2.26. The van der Waals surface area contributed by atoms with Gasteiger partial charge in [0.05, 0.1) is 0 Å². The van der Waals surface area contributed by atoms with Crippen molar-refractivity contribution in [2.24, 2.45) is 5.92 Å². The van der Waals surface area contributed by atoms with E-state index in [1.54, 1.807) is 0 Å². The monoisotopic (exact) mass is 194 g/mol. The Morgan fingerprint density at radius 2 is 1.79 bits per heavy atom. The SMILES string of the molecule is O=C(C1CC1)N1CC(NC2CCC2)C1. The van der Waals surface area contributed by atoms with Crippen LogP contribution >= 0.6 is 0 Å². The Morgan fingerprint density at radius 3 is 2.29 bits per heavy atom. The molecular formula is C11H18N2O. The first-order valence-corrected chi connectivity index (χ1v) is 5.88. The molecule has 0 aromatic rings. The zero-order valence-electron chi connectivity index (χ0n) is 8.54. The van der Waals surface area contributed by atoms with Crippen molar-refractivity contribution < 1.29 is 4.79 Å². The van der Waals surface area contributed by atoms with Crippen molar-refractivity contribution in [2.75, 3.05) is 13.1 Å². The molecule has 1 amide bonds. The summed E-state index contributed by atoms with van der Waals surface area (Å²) < 4.78 is 0. The van der Waals surface area contributed by atoms with Crippen molar-refractivity contribution in [1.82, 2.24) is 10.2 Å². The molecule has 3 aliphatic rings. The van der Waals surface area contributed by atoms with Gasteiger partial charge in [0.15, 0.2) is 0 Å². The lowest BCUT2D eigenvalue weighted by atomic mass is 9.91. The summed E-state index contributed by atoms with van der Waals surface area (Å²) in [5.41, 5.74) is 0. The summed E-state index contributed by atoms with van der Waals surface area (Å²) in [5.74, 6) is 0.816. The summed E-state index contributed by atoms with van der Waals surface area (Å²) in [6.07, 6.45) is 6.33. The van der Waals surface area contributed by atoms with Gasteiger partial charge < -0.3 is 10.2 Å². The summed E-state index contributed by atoms with van der Waals surface area (Å²) in [4.78, 5) is 13.6. The summed E-state index contributed by atoms with van der Waals surface area (Å²) in [6, 6.07) is 1.36. The first-order chi connectivity index (χ1) is 6.83. The molecule has 1 aliphatic heterocycles. The third-order valence-electron chi connectivity index (χ3n) is 3.70. The zero-order valence-corrected chi connectivity index (χ0v) is 8.54. The second kappa shape index (κ2) is 3.23. The van der Waals surface area contributed by atoms with Gasteiger partial charge in [0, 0.05) is 31.1 Å². The van der Waals surface area contributed by atoms with Gasteiger partial charge in [-0.25, -0.2) is 0 Å². The minimum absolute atomic E-state index is 0.402. The van der Waals surface area contributed by atoms with Crippen LogP contribution in [0.2, 0.25) is 0 Å². The van der Waals surface area contributed by atoms with E-state index in [4.69, 9.17) is 0 Å². The molecule has 0 spiro atoms. The topological polar surface area (TPSA) is 32.3 Å². The van der Waals surface area contributed by atoms with E-state index in [0.717, 1.165) is 32.0 Å². The molecule has 0 bridgehead atoms. The molecule has 3 rings (SSSR count). The fraction of sp³-hybridized carbons (Fsp3) is 0.909. The van der Waals surface area contributed by atoms with E-state index in [1.807, 2.05) is 4.90 Å². The highest BCUT2D eigenvalue weighted by molar-refractivity contribution is 5.81. The highest BCUT2D eigenvalue weighted by Gasteiger charge is 2.39. The van der Waals surface area contributed by atoms with E-state index in [-0.39, 0.29) is 0 Å². The maximum absolute atomic E-state index is 11.6. The van der Waals surface area contributed by atoms with E-state index in [1.165, 1.54) is 19.3 Å². The first kappa shape index (κ1) is 8.72. The highest BCUT2D eigenvalue weighted by atomic mass is 16.2. The normalized spacial score (nSPS) is 28.4. The van der Waals surface area contributed by atoms with Crippen molar-refractivity contribution in [1.29, 1.82) is 0 Å². The Kier molecular flexibility index (Phi) is 2.01. The molecule has 78 valence electrons. The number of likely N-dealkylation sites (tertiary alicyclic amines) is 1. The number of hydrogen-bond donors (Lipinski definition) is 1. The number of carbonyl (C=O) groups excluding carboxylic acids is 1. The van der Waals surface area contributed by atoms with Gasteiger partial charge in [-0.1, -0.05) is 6.42 Å². The number of nitrogens with zero attached hydrogens (tertiary/aromatic N) is 1. The van der Waals surface area contributed by atoms with Gasteiger partial charge in [0.25, 0.3) is 0 Å². The molecule has 3 nitrogen and oxygen atoms in total. The molecule has 2 saturated carbocycles. The Bertz CT molecular complexity index is 240. The summed E-state index contributed by atoms with van der Waals surface area (Å²) in [6.45, 7) is 1.93. The maximum Gasteiger partial charge on any atom is 0.225 e. The molecule has 1 heterocycles. The van der Waals surface area contributed by atoms with E-state index in [2.05, 4.69) is 5.32 Å². The van der Waals surface area contributed by atoms with Gasteiger partial charge in [-0.05, 0) is 25.7 Å². The van der Waals surface area contributed by atoms with Gasteiger partial charge in [0.1, 0.15) is 0 Å². The largest absolute Gasteiger partial charge is 0.339 e. The third kappa shape index (κ3) is 1.54. The van der Waals surface area contributed by atoms with Gasteiger partial charge in [-0.15, -0.1) is 0 Å². The standard InChI is InChI=1S/C11H18N2O/c14-11(8-4-5-8)13-6-10(7-13)12-9-2-1-3-9/h8-10,12H,1-7H2. The second-order valence-electron chi connectivity index (χ2n) is 5.01. The second-order valence-corrected chi connectivity index (χ2v) is 5.01. The maximum atomic E-state index is 11.6. The molecule has 14 heavy (non-hydrogen) atoms. The lowest BCUT2D eigenvalue weighted by Gasteiger charge is -2.43. The molecule has 1 N–H and O–H groups in total. The molecule has 0 atom stereocenters. The average molecular weight is 194 g/mol. The number of nitrogens with one attached hydrogen (secondary N) is 1. The molecular weight excluding hydrogens is 176 g/mol. The van der Waals surface area contributed by atoms with E-state index in [9.17, 15) is 4.79 Å². The third-order valence-corrected chi connectivity index (χ3v) is 3.70. The van der Waals surface area contributed by atoms with E-state index in [0.29, 0.717) is 17.9 Å². The summed E-state index contributed by atoms with van der Waals surface area (Å²) in [5, 5.41) is 3.60. The molecule has 0 aromatic heterocycles. The first-order valence-electron chi connectivity index (χ1n) is 5.88. The number of hydrogen-bond acceptors (Lipinski definition) is 2. The predicted molar refractivity (Wildman–Crippen MR) is 53.9 cm³/mol. The van der Waals surface area contributed by atoms with Crippen LogP contribution < -0.4 is 5.32 Å². The van der Waals surface area contributed by atoms with Crippen LogP contribution in [-0.4, -0.2) is 36.0 Å². The van der Waals surface area contributed by atoms with Gasteiger partial charge >= 0.3 is 0 Å². The van der Waals surface area contributed by atoms with Crippen LogP contribution in [0.25, 0.3) is 0 Å². The Balaban J connectivity index is 1.39. The summed E-state index contributed by atoms with van der Waals surface area (Å²) >= 11 is 0. The van der Waals surface area contributed by atoms with E-state index < -0.39 is 0 Å². The van der Waals surface area contributed by atoms with Crippen molar-refractivity contribution >= 4 is 5.91 Å². The predicted octanol–water partition coefficient (Wildman–Crippen LogP) is 0.749. The lowest BCUT2D eigenvalue weighted by Crippen LogP contribution is -2.62. The smallest absolute Gasteiger partial charge is 0.225 e. The Morgan fingerprint density at radius 1 is 1.07 bits per heavy atom. The highest BCUT2D eigenvalue weighted by Crippen LogP contribution is 2.32. The van der Waals surface area contributed by atoms with Crippen LogP contribution in [0.4, 0.5) is 0 Å². The van der Waals surface area contributed by atoms with Crippen molar-refractivity contribution in [2.45, 2.75) is 44.2 Å². The molecule has 0 radical (unpaired) electrons. The zero-order chi connectivity index (χ0) is 9.54. The molecule has 0 aromatic carbocycles. The number of amides is 1. The fourth-order valence-corrected chi connectivity index (χ4v) is 2.26. The molecule has 3 heteroatoms. The van der Waals surface area contributed by atoms with Crippen molar-refractivity contribution in [3.8, 4) is 0 Å². The Labute approximate surface area is 84.8 Å². The minimum atomic E-state index is 0.402. The van der Waals surface area contributed by atoms with Crippen LogP contribution in [0.3, 0.4) is 0 Å². The average Bonchev–Trinajstić information content (AvgIpc) is 2.79. The summed E-state index contributed by atoms with van der Waals surface area (Å²) in [7, 11) is 0. The number of rotatable bonds is 3. The molecule has 3 fully saturated rings. The van der Waals surface area contributed by atoms with Crippen LogP contribution in [0.5, 0.6) is 0 Å². The van der Waals surface area contributed by atoms with Gasteiger partial charge in [0.2, 0.25) is 5.91 Å². The van der Waals surface area contributed by atoms with Crippen LogP contribution in [0, 0.1) is 5.92 Å². The van der Waals surface area contributed by atoms with Crippen molar-refractivity contribution in [3.63, 3.8) is 0 Å². The lowest BCUT2D eigenvalue weighted by molar-refractivity contribution is -0.137. The van der Waals surface area contributed by atoms with E-state index >= 15 is 0 Å².